The highest BCUT2D eigenvalue weighted by atomic mass is 32.2. The molecule has 1 aromatic heterocycles. The van der Waals surface area contributed by atoms with Gasteiger partial charge in [0, 0.05) is 12.1 Å². The second kappa shape index (κ2) is 8.78. The molecule has 1 atom stereocenters. The highest BCUT2D eigenvalue weighted by Gasteiger charge is 2.51. The van der Waals surface area contributed by atoms with Crippen LogP contribution in [0.2, 0.25) is 0 Å². The molecule has 0 saturated heterocycles. The number of carbonyl (C=O) groups is 2. The van der Waals surface area contributed by atoms with Crippen molar-refractivity contribution in [3.05, 3.63) is 34.6 Å². The van der Waals surface area contributed by atoms with Crippen molar-refractivity contribution < 1.29 is 9.59 Å². The molecule has 4 aliphatic rings. The van der Waals surface area contributed by atoms with E-state index in [4.69, 9.17) is 0 Å². The quantitative estimate of drug-likeness (QED) is 0.492. The Morgan fingerprint density at radius 3 is 2.42 bits per heavy atom. The summed E-state index contributed by atoms with van der Waals surface area (Å²) in [6.45, 7) is 4.27. The maximum atomic E-state index is 13.0. The van der Waals surface area contributed by atoms with Crippen LogP contribution in [0.25, 0.3) is 10.9 Å². The number of nitrogens with zero attached hydrogens (tertiary/aromatic N) is 2. The van der Waals surface area contributed by atoms with Crippen molar-refractivity contribution in [1.82, 2.24) is 20.2 Å². The Morgan fingerprint density at radius 1 is 1.15 bits per heavy atom. The fourth-order valence-corrected chi connectivity index (χ4v) is 7.55. The monoisotopic (exact) mass is 468 g/mol. The van der Waals surface area contributed by atoms with Gasteiger partial charge in [-0.05, 0) is 81.8 Å². The Balaban J connectivity index is 1.26. The summed E-state index contributed by atoms with van der Waals surface area (Å²) in [4.78, 5) is 43.2. The van der Waals surface area contributed by atoms with Crippen LogP contribution in [0.1, 0.15) is 58.8 Å². The van der Waals surface area contributed by atoms with E-state index < -0.39 is 11.3 Å². The molecule has 0 radical (unpaired) electrons. The van der Waals surface area contributed by atoms with E-state index in [2.05, 4.69) is 15.6 Å². The Labute approximate surface area is 198 Å². The summed E-state index contributed by atoms with van der Waals surface area (Å²) in [5, 5.41) is 6.25. The summed E-state index contributed by atoms with van der Waals surface area (Å²) in [6.07, 6.45) is 7.79. The summed E-state index contributed by atoms with van der Waals surface area (Å²) in [5.41, 5.74) is 0.374. The van der Waals surface area contributed by atoms with Crippen LogP contribution in [0, 0.1) is 17.8 Å². The van der Waals surface area contributed by atoms with E-state index in [9.17, 15) is 14.4 Å². The van der Waals surface area contributed by atoms with Crippen LogP contribution in [0.5, 0.6) is 0 Å². The first-order chi connectivity index (χ1) is 15.9. The molecule has 33 heavy (non-hydrogen) atoms. The van der Waals surface area contributed by atoms with Gasteiger partial charge in [-0.3, -0.25) is 19.5 Å². The van der Waals surface area contributed by atoms with Crippen molar-refractivity contribution in [2.75, 3.05) is 0 Å². The van der Waals surface area contributed by atoms with Gasteiger partial charge in [-0.1, -0.05) is 30.8 Å². The van der Waals surface area contributed by atoms with Crippen LogP contribution in [0.3, 0.4) is 0 Å². The number of amides is 3. The molecule has 176 valence electrons. The van der Waals surface area contributed by atoms with Crippen LogP contribution < -0.4 is 16.2 Å². The predicted octanol–water partition coefficient (Wildman–Crippen LogP) is 4.08. The Bertz CT molecular complexity index is 1110. The minimum absolute atomic E-state index is 0.0999. The van der Waals surface area contributed by atoms with Crippen molar-refractivity contribution in [2.45, 2.75) is 81.3 Å². The van der Waals surface area contributed by atoms with Gasteiger partial charge in [-0.25, -0.2) is 9.78 Å². The highest BCUT2D eigenvalue weighted by molar-refractivity contribution is 8.00. The molecule has 1 heterocycles. The average molecular weight is 469 g/mol. The number of imide groups is 1. The number of nitrogens with one attached hydrogen (secondary N) is 2. The van der Waals surface area contributed by atoms with Crippen LogP contribution in [0.4, 0.5) is 4.79 Å². The fourth-order valence-electron chi connectivity index (χ4n) is 6.62. The number of para-hydroxylation sites is 1. The van der Waals surface area contributed by atoms with Gasteiger partial charge in [0.05, 0.1) is 16.2 Å². The predicted molar refractivity (Wildman–Crippen MR) is 129 cm³/mol. The third kappa shape index (κ3) is 4.42. The Morgan fingerprint density at radius 2 is 1.79 bits per heavy atom. The summed E-state index contributed by atoms with van der Waals surface area (Å²) >= 11 is 1.22. The molecule has 2 N–H and O–H groups in total. The second-order valence-electron chi connectivity index (χ2n) is 10.3. The van der Waals surface area contributed by atoms with Crippen molar-refractivity contribution in [3.8, 4) is 0 Å². The van der Waals surface area contributed by atoms with Gasteiger partial charge in [-0.15, -0.1) is 0 Å². The number of aromatic nitrogens is 2. The molecule has 2 aromatic rings. The van der Waals surface area contributed by atoms with E-state index in [0.717, 1.165) is 43.4 Å². The first-order valence-electron chi connectivity index (χ1n) is 12.1. The molecule has 3 amide bonds. The lowest BCUT2D eigenvalue weighted by Crippen LogP contribution is -2.62. The number of hydrogen-bond donors (Lipinski definition) is 2. The molecule has 0 spiro atoms. The Hall–Kier alpha value is -2.35. The molecular formula is C25H32N4O3S. The van der Waals surface area contributed by atoms with Gasteiger partial charge in [0.1, 0.15) is 0 Å². The smallest absolute Gasteiger partial charge is 0.321 e. The van der Waals surface area contributed by atoms with E-state index in [1.54, 1.807) is 23.6 Å². The molecule has 7 nitrogen and oxygen atoms in total. The number of thioether (sulfide) groups is 1. The van der Waals surface area contributed by atoms with Gasteiger partial charge < -0.3 is 5.32 Å². The van der Waals surface area contributed by atoms with Gasteiger partial charge in [0.25, 0.3) is 5.56 Å². The first kappa shape index (κ1) is 22.4. The zero-order valence-corrected chi connectivity index (χ0v) is 20.1. The number of urea groups is 1. The second-order valence-corrected chi connectivity index (χ2v) is 11.6. The van der Waals surface area contributed by atoms with Gasteiger partial charge in [0.15, 0.2) is 5.16 Å². The topological polar surface area (TPSA) is 93.1 Å². The van der Waals surface area contributed by atoms with E-state index in [-0.39, 0.29) is 17.0 Å². The fraction of sp³-hybridized carbons (Fsp3) is 0.600. The minimum atomic E-state index is -0.566. The van der Waals surface area contributed by atoms with Gasteiger partial charge in [-0.2, -0.15) is 0 Å². The van der Waals surface area contributed by atoms with E-state index in [1.807, 2.05) is 19.1 Å². The third-order valence-corrected chi connectivity index (χ3v) is 8.67. The number of benzene rings is 1. The zero-order chi connectivity index (χ0) is 23.2. The third-order valence-electron chi connectivity index (χ3n) is 7.58. The molecule has 4 aliphatic carbocycles. The zero-order valence-electron chi connectivity index (χ0n) is 19.3. The summed E-state index contributed by atoms with van der Waals surface area (Å²) in [6, 6.07) is 6.86. The number of carbonyl (C=O) groups excluding carboxylic acids is 2. The van der Waals surface area contributed by atoms with E-state index >= 15 is 0 Å². The number of fused-ring (bicyclic) bond motifs is 1. The van der Waals surface area contributed by atoms with Crippen LogP contribution in [-0.4, -0.2) is 32.3 Å². The van der Waals surface area contributed by atoms with Gasteiger partial charge in [0.2, 0.25) is 5.91 Å². The Kier molecular flexibility index (Phi) is 5.97. The molecule has 8 heteroatoms. The average Bonchev–Trinajstić information content (AvgIpc) is 2.75. The molecule has 6 rings (SSSR count). The lowest BCUT2D eigenvalue weighted by atomic mass is 9.53. The largest absolute Gasteiger partial charge is 0.332 e. The first-order valence-corrected chi connectivity index (χ1v) is 13.0. The van der Waals surface area contributed by atoms with Crippen molar-refractivity contribution in [2.24, 2.45) is 17.8 Å². The SMILES string of the molecule is CCCn1c(S[C@H](C)C(=O)NC(=O)NC23CC4CC(CC(C4)C2)C3)nc2ccccc2c1=O. The molecule has 1 aromatic carbocycles. The van der Waals surface area contributed by atoms with Crippen LogP contribution >= 0.6 is 11.8 Å². The summed E-state index contributed by atoms with van der Waals surface area (Å²) in [5.74, 6) is 1.79. The van der Waals surface area contributed by atoms with Gasteiger partial charge >= 0.3 is 6.03 Å². The summed E-state index contributed by atoms with van der Waals surface area (Å²) in [7, 11) is 0. The molecular weight excluding hydrogens is 436 g/mol. The molecule has 4 saturated carbocycles. The summed E-state index contributed by atoms with van der Waals surface area (Å²) < 4.78 is 1.63. The molecule has 0 aliphatic heterocycles. The van der Waals surface area contributed by atoms with Crippen molar-refractivity contribution in [1.29, 1.82) is 0 Å². The molecule has 4 bridgehead atoms. The van der Waals surface area contributed by atoms with E-state index in [1.165, 1.54) is 31.0 Å². The maximum absolute atomic E-state index is 13.0. The minimum Gasteiger partial charge on any atom is -0.332 e. The van der Waals surface area contributed by atoms with Crippen LogP contribution in [0.15, 0.2) is 34.2 Å². The normalized spacial score (nSPS) is 28.6. The van der Waals surface area contributed by atoms with Crippen molar-refractivity contribution in [3.63, 3.8) is 0 Å². The maximum Gasteiger partial charge on any atom is 0.321 e. The number of rotatable bonds is 6. The lowest BCUT2D eigenvalue weighted by molar-refractivity contribution is -0.119. The van der Waals surface area contributed by atoms with E-state index in [0.29, 0.717) is 22.6 Å². The highest BCUT2D eigenvalue weighted by Crippen LogP contribution is 2.55. The standard InChI is InChI=1S/C25H32N4O3S/c1-3-8-29-22(31)19-6-4-5-7-20(19)26-24(29)33-15(2)21(30)27-23(32)28-25-12-16-9-17(13-25)11-18(10-16)14-25/h4-7,15-18H,3,8-14H2,1-2H3,(H2,27,28,30,32)/t15-,16?,17?,18?,25?/m1/s1. The molecule has 0 unspecified atom stereocenters. The molecule has 4 fully saturated rings. The lowest BCUT2D eigenvalue weighted by Gasteiger charge is -2.56. The number of hydrogen-bond acceptors (Lipinski definition) is 5. The van der Waals surface area contributed by atoms with Crippen molar-refractivity contribution >= 4 is 34.6 Å². The van der Waals surface area contributed by atoms with Crippen LogP contribution in [-0.2, 0) is 11.3 Å².